The molecule has 168 valence electrons. The Hall–Kier alpha value is -3.26. The first-order chi connectivity index (χ1) is 16.0. The van der Waals surface area contributed by atoms with E-state index in [0.717, 1.165) is 46.6 Å². The Labute approximate surface area is 199 Å². The molecule has 0 unspecified atom stereocenters. The van der Waals surface area contributed by atoms with E-state index in [9.17, 15) is 9.59 Å². The van der Waals surface area contributed by atoms with Crippen LogP contribution in [0.1, 0.15) is 49.4 Å². The van der Waals surface area contributed by atoms with E-state index < -0.39 is 5.91 Å². The Kier molecular flexibility index (Phi) is 5.85. The molecule has 0 radical (unpaired) electrons. The molecule has 0 aliphatic heterocycles. The maximum atomic E-state index is 13.5. The van der Waals surface area contributed by atoms with Crippen LogP contribution in [-0.2, 0) is 11.3 Å². The molecule has 2 heterocycles. The van der Waals surface area contributed by atoms with Gasteiger partial charge in [-0.25, -0.2) is 4.98 Å². The van der Waals surface area contributed by atoms with E-state index in [0.29, 0.717) is 16.7 Å². The lowest BCUT2D eigenvalue weighted by Gasteiger charge is -2.22. The van der Waals surface area contributed by atoms with Crippen molar-refractivity contribution in [3.63, 3.8) is 0 Å². The van der Waals surface area contributed by atoms with E-state index in [2.05, 4.69) is 21.0 Å². The molecule has 2 aromatic heterocycles. The van der Waals surface area contributed by atoms with Gasteiger partial charge in [-0.1, -0.05) is 53.4 Å². The summed E-state index contributed by atoms with van der Waals surface area (Å²) in [5.41, 5.74) is 7.63. The van der Waals surface area contributed by atoms with Gasteiger partial charge in [-0.2, -0.15) is 9.78 Å². The molecule has 0 bridgehead atoms. The fraction of sp³-hybridized carbons (Fsp3) is 0.280. The number of amides is 1. The van der Waals surface area contributed by atoms with Crippen LogP contribution in [0.5, 0.6) is 0 Å². The summed E-state index contributed by atoms with van der Waals surface area (Å²) >= 11 is 3.46. The molecule has 0 saturated heterocycles. The van der Waals surface area contributed by atoms with Gasteiger partial charge in [0, 0.05) is 33.1 Å². The van der Waals surface area contributed by atoms with Crippen LogP contribution in [0, 0.1) is 0 Å². The Morgan fingerprint density at radius 1 is 1.15 bits per heavy atom. The minimum absolute atomic E-state index is 0.0766. The van der Waals surface area contributed by atoms with E-state index in [-0.39, 0.29) is 18.0 Å². The molecule has 4 aromatic rings. The van der Waals surface area contributed by atoms with Crippen molar-refractivity contribution in [1.82, 2.24) is 14.2 Å². The number of para-hydroxylation sites is 1. The van der Waals surface area contributed by atoms with Crippen molar-refractivity contribution in [1.29, 1.82) is 0 Å². The lowest BCUT2D eigenvalue weighted by atomic mass is 9.88. The second kappa shape index (κ2) is 8.94. The number of hydrogen-bond donors (Lipinski definition) is 1. The third-order valence-electron chi connectivity index (χ3n) is 6.26. The fourth-order valence-electron chi connectivity index (χ4n) is 4.70. The van der Waals surface area contributed by atoms with Crippen molar-refractivity contribution in [3.8, 4) is 0 Å². The number of halogens is 1. The number of aromatic nitrogens is 3. The van der Waals surface area contributed by atoms with Gasteiger partial charge in [-0.15, -0.1) is 0 Å². The molecule has 1 fully saturated rings. The van der Waals surface area contributed by atoms with Gasteiger partial charge in [0.05, 0.1) is 17.1 Å². The molecule has 0 atom stereocenters. The van der Waals surface area contributed by atoms with Crippen molar-refractivity contribution >= 4 is 49.9 Å². The van der Waals surface area contributed by atoms with Crippen LogP contribution >= 0.6 is 15.9 Å². The Morgan fingerprint density at radius 2 is 1.94 bits per heavy atom. The highest BCUT2D eigenvalue weighted by Crippen LogP contribution is 2.32. The van der Waals surface area contributed by atoms with Crippen LogP contribution in [0.4, 0.5) is 0 Å². The van der Waals surface area contributed by atoms with E-state index in [1.54, 1.807) is 16.8 Å². The average molecular weight is 506 g/mol. The fourth-order valence-corrected chi connectivity index (χ4v) is 5.06. The zero-order valence-corrected chi connectivity index (χ0v) is 19.7. The van der Waals surface area contributed by atoms with Crippen molar-refractivity contribution < 1.29 is 4.79 Å². The third-order valence-corrected chi connectivity index (χ3v) is 6.75. The highest BCUT2D eigenvalue weighted by molar-refractivity contribution is 9.10. The van der Waals surface area contributed by atoms with E-state index >= 15 is 0 Å². The first-order valence-corrected chi connectivity index (χ1v) is 11.9. The van der Waals surface area contributed by atoms with Gasteiger partial charge in [0.15, 0.2) is 0 Å². The number of hydrogen-bond acceptors (Lipinski definition) is 4. The summed E-state index contributed by atoms with van der Waals surface area (Å²) in [7, 11) is 0. The number of carbonyl (C=O) groups is 1. The minimum Gasteiger partial charge on any atom is -0.368 e. The molecule has 1 amide bonds. The highest BCUT2D eigenvalue weighted by atomic mass is 79.9. The number of carbonyl (C=O) groups excluding carboxylic acids is 1. The minimum atomic E-state index is -0.417. The van der Waals surface area contributed by atoms with Gasteiger partial charge in [0.2, 0.25) is 5.91 Å². The summed E-state index contributed by atoms with van der Waals surface area (Å²) in [6.07, 6.45) is 8.99. The number of benzene rings is 2. The second-order valence-corrected chi connectivity index (χ2v) is 9.44. The van der Waals surface area contributed by atoms with Crippen molar-refractivity contribution in [2.75, 3.05) is 0 Å². The molecular weight excluding hydrogens is 482 g/mol. The molecule has 7 nitrogen and oxygen atoms in total. The Morgan fingerprint density at radius 3 is 2.73 bits per heavy atom. The van der Waals surface area contributed by atoms with Crippen molar-refractivity contribution in [2.45, 2.75) is 44.6 Å². The maximum absolute atomic E-state index is 13.5. The van der Waals surface area contributed by atoms with Gasteiger partial charge < -0.3 is 10.3 Å². The summed E-state index contributed by atoms with van der Waals surface area (Å²) in [4.78, 5) is 29.9. The van der Waals surface area contributed by atoms with E-state index in [1.807, 2.05) is 42.6 Å². The molecule has 2 aromatic carbocycles. The molecule has 5 rings (SSSR count). The van der Waals surface area contributed by atoms with Crippen LogP contribution in [0.2, 0.25) is 0 Å². The summed E-state index contributed by atoms with van der Waals surface area (Å²) in [5, 5.41) is 6.11. The molecule has 1 aliphatic rings. The van der Waals surface area contributed by atoms with Gasteiger partial charge in [0.1, 0.15) is 12.4 Å². The number of rotatable bonds is 5. The second-order valence-electron chi connectivity index (χ2n) is 8.52. The lowest BCUT2D eigenvalue weighted by molar-refractivity contribution is -0.118. The Balaban J connectivity index is 1.66. The Bertz CT molecular complexity index is 1450. The topological polar surface area (TPSA) is 95.3 Å². The largest absolute Gasteiger partial charge is 0.368 e. The number of fused-ring (bicyclic) bond motifs is 2. The van der Waals surface area contributed by atoms with E-state index in [1.165, 1.54) is 11.1 Å². The van der Waals surface area contributed by atoms with Gasteiger partial charge >= 0.3 is 0 Å². The van der Waals surface area contributed by atoms with E-state index in [4.69, 9.17) is 10.7 Å². The number of primary amides is 1. The molecule has 2 N–H and O–H groups in total. The first-order valence-electron chi connectivity index (χ1n) is 11.1. The highest BCUT2D eigenvalue weighted by Gasteiger charge is 2.22. The quantitative estimate of drug-likeness (QED) is 0.403. The van der Waals surface area contributed by atoms with Gasteiger partial charge in [-0.3, -0.25) is 9.59 Å². The normalized spacial score (nSPS) is 15.1. The zero-order valence-electron chi connectivity index (χ0n) is 18.1. The molecule has 1 aliphatic carbocycles. The average Bonchev–Trinajstić information content (AvgIpc) is 3.16. The first kappa shape index (κ1) is 21.6. The SMILES string of the molecule is NC(=O)Cn1cc(C=Nn2c(C3CCCCC3)nc3ccc(Br)cc3c2=O)c2ccccc21. The van der Waals surface area contributed by atoms with Gasteiger partial charge in [-0.05, 0) is 37.1 Å². The van der Waals surface area contributed by atoms with Crippen LogP contribution in [0.15, 0.2) is 63.0 Å². The molecule has 0 spiro atoms. The summed E-state index contributed by atoms with van der Waals surface area (Å²) in [6, 6.07) is 13.3. The van der Waals surface area contributed by atoms with Crippen LogP contribution < -0.4 is 11.3 Å². The predicted octanol–water partition coefficient (Wildman–Crippen LogP) is 4.53. The predicted molar refractivity (Wildman–Crippen MR) is 134 cm³/mol. The number of nitrogens with zero attached hydrogens (tertiary/aromatic N) is 4. The zero-order chi connectivity index (χ0) is 22.9. The van der Waals surface area contributed by atoms with Crippen molar-refractivity contribution in [3.05, 3.63) is 74.9 Å². The van der Waals surface area contributed by atoms with Crippen LogP contribution in [-0.4, -0.2) is 26.3 Å². The molecule has 1 saturated carbocycles. The number of nitrogens with two attached hydrogens (primary N) is 1. The summed E-state index contributed by atoms with van der Waals surface area (Å²) in [5.74, 6) is 0.499. The molecule has 8 heteroatoms. The van der Waals surface area contributed by atoms with Crippen molar-refractivity contribution in [2.24, 2.45) is 10.8 Å². The molecule has 33 heavy (non-hydrogen) atoms. The lowest BCUT2D eigenvalue weighted by Crippen LogP contribution is -2.25. The molecular formula is C25H24BrN5O2. The maximum Gasteiger partial charge on any atom is 0.282 e. The van der Waals surface area contributed by atoms with Crippen LogP contribution in [0.3, 0.4) is 0 Å². The monoisotopic (exact) mass is 505 g/mol. The van der Waals surface area contributed by atoms with Gasteiger partial charge in [0.25, 0.3) is 5.56 Å². The van der Waals surface area contributed by atoms with Crippen LogP contribution in [0.25, 0.3) is 21.8 Å². The third kappa shape index (κ3) is 4.23. The standard InChI is InChI=1S/C25H24BrN5O2/c26-18-10-11-21-20(12-18)25(33)31(24(29-21)16-6-2-1-3-7-16)28-13-17-14-30(15-23(27)32)22-9-5-4-8-19(17)22/h4-5,8-14,16H,1-3,6-7,15H2,(H2,27,32). The summed E-state index contributed by atoms with van der Waals surface area (Å²) in [6.45, 7) is 0.0766. The summed E-state index contributed by atoms with van der Waals surface area (Å²) < 4.78 is 4.09. The smallest absolute Gasteiger partial charge is 0.282 e.